The van der Waals surface area contributed by atoms with Gasteiger partial charge in [-0.15, -0.1) is 0 Å². The summed E-state index contributed by atoms with van der Waals surface area (Å²) in [6.45, 7) is 18.5. The first-order valence-corrected chi connectivity index (χ1v) is 11.4. The van der Waals surface area contributed by atoms with Gasteiger partial charge >= 0.3 is 11.9 Å². The summed E-state index contributed by atoms with van der Waals surface area (Å²) in [7, 11) is 0. The first-order valence-electron chi connectivity index (χ1n) is 11.4. The molecule has 0 aromatic rings. The minimum Gasteiger partial charge on any atom is -0.462 e. The van der Waals surface area contributed by atoms with Gasteiger partial charge in [-0.3, -0.25) is 0 Å². The summed E-state index contributed by atoms with van der Waals surface area (Å²) in [6, 6.07) is 0. The van der Waals surface area contributed by atoms with E-state index in [1.54, 1.807) is 6.92 Å². The Morgan fingerprint density at radius 1 is 0.931 bits per heavy atom. The second kappa shape index (κ2) is 21.1. The topological polar surface area (TPSA) is 52.6 Å². The molecule has 0 bridgehead atoms. The second-order valence-electron chi connectivity index (χ2n) is 8.12. The number of hydrogen-bond acceptors (Lipinski definition) is 4. The van der Waals surface area contributed by atoms with E-state index in [2.05, 4.69) is 40.9 Å². The van der Waals surface area contributed by atoms with Gasteiger partial charge in [-0.05, 0) is 31.6 Å². The molecule has 170 valence electrons. The van der Waals surface area contributed by atoms with E-state index in [0.717, 1.165) is 31.6 Å². The van der Waals surface area contributed by atoms with E-state index in [0.29, 0.717) is 24.7 Å². The highest BCUT2D eigenvalue weighted by Crippen LogP contribution is 2.13. The summed E-state index contributed by atoms with van der Waals surface area (Å²) < 4.78 is 9.99. The van der Waals surface area contributed by atoms with E-state index >= 15 is 0 Å². The molecular weight excluding hydrogens is 364 g/mol. The van der Waals surface area contributed by atoms with Crippen LogP contribution in [0, 0.1) is 11.8 Å². The molecule has 1 unspecified atom stereocenters. The van der Waals surface area contributed by atoms with Crippen molar-refractivity contribution in [2.45, 2.75) is 98.8 Å². The Morgan fingerprint density at radius 2 is 1.55 bits per heavy atom. The van der Waals surface area contributed by atoms with E-state index in [-0.39, 0.29) is 11.9 Å². The van der Waals surface area contributed by atoms with Gasteiger partial charge in [0.05, 0.1) is 13.2 Å². The van der Waals surface area contributed by atoms with E-state index in [9.17, 15) is 9.59 Å². The Balaban J connectivity index is 0. The highest BCUT2D eigenvalue weighted by Gasteiger charge is 2.07. The van der Waals surface area contributed by atoms with Crippen LogP contribution < -0.4 is 0 Å². The zero-order valence-corrected chi connectivity index (χ0v) is 19.8. The van der Waals surface area contributed by atoms with E-state index in [1.165, 1.54) is 44.6 Å². The SMILES string of the molecule is C=C(C)C(=O)OCCCCCCCC(C)C.C=CC(=O)OCC(CC)CCCC. The lowest BCUT2D eigenvalue weighted by atomic mass is 10.0. The lowest BCUT2D eigenvalue weighted by Crippen LogP contribution is -2.12. The molecule has 0 amide bonds. The van der Waals surface area contributed by atoms with Crippen LogP contribution in [0.1, 0.15) is 98.8 Å². The molecule has 0 fully saturated rings. The van der Waals surface area contributed by atoms with E-state index < -0.39 is 0 Å². The molecule has 4 heteroatoms. The Morgan fingerprint density at radius 3 is 2.07 bits per heavy atom. The summed E-state index contributed by atoms with van der Waals surface area (Å²) >= 11 is 0. The van der Waals surface area contributed by atoms with Gasteiger partial charge in [0.25, 0.3) is 0 Å². The van der Waals surface area contributed by atoms with Crippen LogP contribution in [0.15, 0.2) is 24.8 Å². The molecule has 0 radical (unpaired) electrons. The minimum atomic E-state index is -0.310. The normalized spacial score (nSPS) is 11.2. The van der Waals surface area contributed by atoms with E-state index in [4.69, 9.17) is 9.47 Å². The summed E-state index contributed by atoms with van der Waals surface area (Å²) in [5, 5.41) is 0. The van der Waals surface area contributed by atoms with Gasteiger partial charge in [-0.2, -0.15) is 0 Å². The lowest BCUT2D eigenvalue weighted by Gasteiger charge is -2.13. The monoisotopic (exact) mass is 410 g/mol. The van der Waals surface area contributed by atoms with Crippen molar-refractivity contribution in [2.24, 2.45) is 11.8 Å². The summed E-state index contributed by atoms with van der Waals surface area (Å²) in [4.78, 5) is 21.8. The minimum absolute atomic E-state index is 0.264. The molecule has 0 aliphatic heterocycles. The largest absolute Gasteiger partial charge is 0.462 e. The number of carbonyl (C=O) groups excluding carboxylic acids is 2. The highest BCUT2D eigenvalue weighted by atomic mass is 16.5. The zero-order valence-electron chi connectivity index (χ0n) is 19.8. The number of unbranched alkanes of at least 4 members (excludes halogenated alkanes) is 5. The summed E-state index contributed by atoms with van der Waals surface area (Å²) in [5.74, 6) is 0.759. The standard InChI is InChI=1S/C14H26O2.C11H20O2/c1-12(2)10-8-6-5-7-9-11-16-14(15)13(3)4;1-4-7-8-10(5-2)9-13-11(12)6-3/h12H,3,5-11H2,1-2,4H3;6,10H,3-5,7-9H2,1-2H3. The Bertz CT molecular complexity index is 440. The predicted octanol–water partition coefficient (Wildman–Crippen LogP) is 7.03. The molecular formula is C25H46O4. The van der Waals surface area contributed by atoms with Crippen molar-refractivity contribution >= 4 is 11.9 Å². The third-order valence-corrected chi connectivity index (χ3v) is 4.68. The quantitative estimate of drug-likeness (QED) is 0.156. The van der Waals surface area contributed by atoms with Gasteiger partial charge in [0.2, 0.25) is 0 Å². The molecule has 4 nitrogen and oxygen atoms in total. The van der Waals surface area contributed by atoms with Crippen LogP contribution in [-0.4, -0.2) is 25.2 Å². The van der Waals surface area contributed by atoms with Gasteiger partial charge in [-0.25, -0.2) is 9.59 Å². The maximum Gasteiger partial charge on any atom is 0.333 e. The van der Waals surface area contributed by atoms with Gasteiger partial charge in [0, 0.05) is 11.6 Å². The van der Waals surface area contributed by atoms with Gasteiger partial charge in [0.15, 0.2) is 0 Å². The fourth-order valence-electron chi connectivity index (χ4n) is 2.63. The number of ether oxygens (including phenoxy) is 2. The molecule has 0 heterocycles. The molecule has 0 aliphatic carbocycles. The van der Waals surface area contributed by atoms with Crippen molar-refractivity contribution in [1.82, 2.24) is 0 Å². The van der Waals surface area contributed by atoms with Crippen LogP contribution in [-0.2, 0) is 19.1 Å². The molecule has 0 aliphatic rings. The van der Waals surface area contributed by atoms with Crippen LogP contribution in [0.5, 0.6) is 0 Å². The van der Waals surface area contributed by atoms with Gasteiger partial charge < -0.3 is 9.47 Å². The third kappa shape index (κ3) is 22.6. The van der Waals surface area contributed by atoms with Crippen molar-refractivity contribution in [3.05, 3.63) is 24.8 Å². The third-order valence-electron chi connectivity index (χ3n) is 4.68. The molecule has 0 N–H and O–H groups in total. The van der Waals surface area contributed by atoms with Crippen LogP contribution in [0.25, 0.3) is 0 Å². The second-order valence-corrected chi connectivity index (χ2v) is 8.12. The lowest BCUT2D eigenvalue weighted by molar-refractivity contribution is -0.140. The molecule has 0 aromatic heterocycles. The summed E-state index contributed by atoms with van der Waals surface area (Å²) in [5.41, 5.74) is 0.483. The van der Waals surface area contributed by atoms with Gasteiger partial charge in [-0.1, -0.05) is 92.2 Å². The van der Waals surface area contributed by atoms with Crippen LogP contribution >= 0.6 is 0 Å². The number of esters is 2. The molecule has 29 heavy (non-hydrogen) atoms. The molecule has 1 atom stereocenters. The highest BCUT2D eigenvalue weighted by molar-refractivity contribution is 5.86. The molecule has 0 rings (SSSR count). The van der Waals surface area contributed by atoms with Crippen molar-refractivity contribution in [1.29, 1.82) is 0 Å². The molecule has 0 aromatic carbocycles. The average Bonchev–Trinajstić information content (AvgIpc) is 2.69. The van der Waals surface area contributed by atoms with Crippen LogP contribution in [0.3, 0.4) is 0 Å². The van der Waals surface area contributed by atoms with Crippen molar-refractivity contribution < 1.29 is 19.1 Å². The number of hydrogen-bond donors (Lipinski definition) is 0. The Kier molecular flexibility index (Phi) is 21.6. The first-order chi connectivity index (χ1) is 13.8. The smallest absolute Gasteiger partial charge is 0.333 e. The Hall–Kier alpha value is -1.58. The first kappa shape index (κ1) is 29.6. The van der Waals surface area contributed by atoms with Gasteiger partial charge in [0.1, 0.15) is 0 Å². The zero-order chi connectivity index (χ0) is 22.5. The average molecular weight is 411 g/mol. The maximum absolute atomic E-state index is 11.0. The molecule has 0 spiro atoms. The predicted molar refractivity (Wildman–Crippen MR) is 123 cm³/mol. The van der Waals surface area contributed by atoms with Crippen molar-refractivity contribution in [2.75, 3.05) is 13.2 Å². The fraction of sp³-hybridized carbons (Fsp3) is 0.760. The number of rotatable bonds is 16. The van der Waals surface area contributed by atoms with Crippen LogP contribution in [0.2, 0.25) is 0 Å². The Labute approximate surface area is 180 Å². The van der Waals surface area contributed by atoms with E-state index in [1.807, 2.05) is 0 Å². The number of carbonyl (C=O) groups is 2. The fourth-order valence-corrected chi connectivity index (χ4v) is 2.63. The van der Waals surface area contributed by atoms with Crippen molar-refractivity contribution in [3.63, 3.8) is 0 Å². The maximum atomic E-state index is 11.0. The summed E-state index contributed by atoms with van der Waals surface area (Å²) in [6.07, 6.45) is 13.2. The molecule has 0 saturated carbocycles. The molecule has 0 saturated heterocycles. The van der Waals surface area contributed by atoms with Crippen molar-refractivity contribution in [3.8, 4) is 0 Å². The van der Waals surface area contributed by atoms with Crippen LogP contribution in [0.4, 0.5) is 0 Å².